The number of carbonyl (C=O) groups is 2. The Kier molecular flexibility index (Phi) is 18.7. The first-order chi connectivity index (χ1) is 39.0. The molecule has 6 aromatic carbocycles. The minimum atomic E-state index is -2.16. The van der Waals surface area contributed by atoms with E-state index in [1.54, 1.807) is 37.3 Å². The molecule has 1 aliphatic carbocycles. The van der Waals surface area contributed by atoms with E-state index in [1.807, 2.05) is 50.5 Å². The molecule has 0 unspecified atom stereocenters. The SMILES string of the molecule is C=C(C)C(=O)CCCCN(Cc1ccccc1B(O)O)Cc1c2ccccc2c(CN(CCCNC(=O)C(=C)C)Cc2ccccc2B(O)O)c2ccc(-c3cc(C4=C5C=CC(=NC)C=C5[Si](C)(C)c5cc(NC)ccc54)cs3)cc12. The fraction of sp³-hybridized carbons (Fsp3) is 0.258. The second-order valence-electron chi connectivity index (χ2n) is 22.0. The molecule has 6 N–H and O–H groups in total. The summed E-state index contributed by atoms with van der Waals surface area (Å²) in [6.07, 6.45) is 9.15. The Balaban J connectivity index is 1.21. The number of unbranched alkanes of at least 4 members (excludes halogenated alkanes) is 1. The quantitative estimate of drug-likeness (QED) is 0.0150. The highest BCUT2D eigenvalue weighted by molar-refractivity contribution is 7.13. The Labute approximate surface area is 482 Å². The van der Waals surface area contributed by atoms with Gasteiger partial charge in [-0.25, -0.2) is 0 Å². The molecule has 81 heavy (non-hydrogen) atoms. The van der Waals surface area contributed by atoms with Crippen LogP contribution in [0, 0.1) is 0 Å². The van der Waals surface area contributed by atoms with Gasteiger partial charge in [0.05, 0.1) is 5.71 Å². The summed E-state index contributed by atoms with van der Waals surface area (Å²) in [7, 11) is -1.63. The average Bonchev–Trinajstić information content (AvgIpc) is 3.97. The van der Waals surface area contributed by atoms with Gasteiger partial charge in [0.25, 0.3) is 0 Å². The maximum atomic E-state index is 12.8. The van der Waals surface area contributed by atoms with Crippen LogP contribution >= 0.6 is 11.3 Å². The predicted octanol–water partition coefficient (Wildman–Crippen LogP) is 9.36. The van der Waals surface area contributed by atoms with Crippen LogP contribution in [0.4, 0.5) is 5.69 Å². The highest BCUT2D eigenvalue weighted by Gasteiger charge is 2.40. The second-order valence-corrected chi connectivity index (χ2v) is 27.3. The lowest BCUT2D eigenvalue weighted by Crippen LogP contribution is -2.49. The third-order valence-corrected chi connectivity index (χ3v) is 20.5. The van der Waals surface area contributed by atoms with Crippen molar-refractivity contribution in [2.24, 2.45) is 4.99 Å². The van der Waals surface area contributed by atoms with E-state index in [9.17, 15) is 29.7 Å². The van der Waals surface area contributed by atoms with E-state index in [0.29, 0.717) is 87.1 Å². The van der Waals surface area contributed by atoms with E-state index in [4.69, 9.17) is 0 Å². The topological polar surface area (TPSA) is 158 Å². The van der Waals surface area contributed by atoms with Crippen LogP contribution in [-0.2, 0) is 35.8 Å². The third-order valence-electron chi connectivity index (χ3n) is 16.0. The number of benzene rings is 6. The van der Waals surface area contributed by atoms with Gasteiger partial charge >= 0.3 is 14.2 Å². The number of rotatable bonds is 24. The number of nitrogens with zero attached hydrogens (tertiary/aromatic N) is 3. The van der Waals surface area contributed by atoms with Crippen molar-refractivity contribution in [3.8, 4) is 10.4 Å². The highest BCUT2D eigenvalue weighted by Crippen LogP contribution is 2.45. The van der Waals surface area contributed by atoms with E-state index in [2.05, 4.69) is 142 Å². The summed E-state index contributed by atoms with van der Waals surface area (Å²) >= 11 is 1.73. The summed E-state index contributed by atoms with van der Waals surface area (Å²) in [6, 6.07) is 39.4. The van der Waals surface area contributed by atoms with Crippen molar-refractivity contribution >= 4 is 100.0 Å². The smallest absolute Gasteiger partial charge is 0.423 e. The van der Waals surface area contributed by atoms with Crippen LogP contribution in [0.5, 0.6) is 0 Å². The Morgan fingerprint density at radius 2 is 1.28 bits per heavy atom. The average molecular weight is 1110 g/mol. The van der Waals surface area contributed by atoms with Crippen molar-refractivity contribution in [2.75, 3.05) is 39.0 Å². The first-order valence-corrected chi connectivity index (χ1v) is 31.8. The third kappa shape index (κ3) is 13.0. The van der Waals surface area contributed by atoms with E-state index in [0.717, 1.165) is 77.6 Å². The van der Waals surface area contributed by atoms with E-state index in [-0.39, 0.29) is 11.7 Å². The molecular weight excluding hydrogens is 1040 g/mol. The zero-order valence-corrected chi connectivity index (χ0v) is 49.3. The number of fused-ring (bicyclic) bond motifs is 4. The molecule has 7 aromatic rings. The molecule has 2 aliphatic rings. The van der Waals surface area contributed by atoms with Crippen molar-refractivity contribution < 1.29 is 29.7 Å². The molecule has 1 aromatic heterocycles. The maximum Gasteiger partial charge on any atom is 0.488 e. The molecule has 11 nitrogen and oxygen atoms in total. The minimum Gasteiger partial charge on any atom is -0.423 e. The van der Waals surface area contributed by atoms with Crippen LogP contribution in [-0.4, -0.2) is 103 Å². The molecule has 1 aliphatic heterocycles. The predicted molar refractivity (Wildman–Crippen MR) is 341 cm³/mol. The van der Waals surface area contributed by atoms with Gasteiger partial charge in [-0.2, -0.15) is 0 Å². The molecule has 0 saturated carbocycles. The van der Waals surface area contributed by atoms with Gasteiger partial charge in [0.1, 0.15) is 8.07 Å². The number of aliphatic imine (C=N–C) groups is 1. The van der Waals surface area contributed by atoms with Gasteiger partial charge in [-0.1, -0.05) is 123 Å². The first kappa shape index (κ1) is 58.6. The first-order valence-electron chi connectivity index (χ1n) is 27.9. The molecule has 0 fully saturated rings. The van der Waals surface area contributed by atoms with Gasteiger partial charge in [0.2, 0.25) is 5.91 Å². The van der Waals surface area contributed by atoms with Crippen molar-refractivity contribution in [2.45, 2.75) is 78.8 Å². The standard InChI is InChI=1S/C66H73B2N5O6SSi/c1-43(2)61(74)24-15-16-32-72(38-46-18-9-13-22-59(46)67(76)77)41-58-52-21-12-11-20-51(52)57(40-73(33-17-31-71-66(75)44(3)4)39-47-19-10-14-23-60(47)68(78)79)53-28-25-45(34-56(53)58)62-35-48(42-80-62)65-54-29-26-49(69-5)36-63(54)81(7,8)64-37-50(70-6)27-30-55(64)65/h9-14,18-23,25-30,34-37,42,69,76-79H,1,3,15-17,24,31-33,38-41H2,2,4-8H3,(H,71,75). The summed E-state index contributed by atoms with van der Waals surface area (Å²) in [6.45, 7) is 19.6. The number of thiophene rings is 1. The van der Waals surface area contributed by atoms with Gasteiger partial charge in [-0.3, -0.25) is 24.4 Å². The van der Waals surface area contributed by atoms with Crippen LogP contribution < -0.4 is 26.7 Å². The molecule has 0 atom stereocenters. The Bertz CT molecular complexity index is 3690. The summed E-state index contributed by atoms with van der Waals surface area (Å²) in [4.78, 5) is 35.8. The van der Waals surface area contributed by atoms with Gasteiger partial charge in [-0.15, -0.1) is 11.3 Å². The molecule has 9 rings (SSSR count). The van der Waals surface area contributed by atoms with Crippen LogP contribution in [0.25, 0.3) is 37.6 Å². The van der Waals surface area contributed by atoms with Crippen molar-refractivity contribution in [3.63, 3.8) is 0 Å². The molecule has 0 bridgehead atoms. The van der Waals surface area contributed by atoms with E-state index in [1.165, 1.54) is 27.1 Å². The molecule has 0 spiro atoms. The fourth-order valence-electron chi connectivity index (χ4n) is 11.6. The van der Waals surface area contributed by atoms with Crippen LogP contribution in [0.3, 0.4) is 0 Å². The van der Waals surface area contributed by atoms with Gasteiger partial charge < -0.3 is 30.7 Å². The molecule has 1 amide bonds. The number of Topliss-reactive ketones (excluding diaryl/α,β-unsaturated/α-hetero) is 1. The van der Waals surface area contributed by atoms with Crippen molar-refractivity contribution in [1.82, 2.24) is 15.1 Å². The van der Waals surface area contributed by atoms with Gasteiger partial charge in [0, 0.05) is 75.9 Å². The number of hydrogen-bond donors (Lipinski definition) is 6. The normalized spacial score (nSPS) is 14.1. The number of anilines is 1. The summed E-state index contributed by atoms with van der Waals surface area (Å²) in [5.41, 5.74) is 13.8. The number of amides is 1. The summed E-state index contributed by atoms with van der Waals surface area (Å²) in [5, 5.41) is 58.0. The lowest BCUT2D eigenvalue weighted by molar-refractivity contribution is -0.117. The van der Waals surface area contributed by atoms with Gasteiger partial charge in [-0.05, 0) is 180 Å². The largest absolute Gasteiger partial charge is 0.488 e. The lowest BCUT2D eigenvalue weighted by atomic mass is 9.77. The summed E-state index contributed by atoms with van der Waals surface area (Å²) < 4.78 is 0. The maximum absolute atomic E-state index is 12.8. The fourth-order valence-corrected chi connectivity index (χ4v) is 15.6. The number of ketones is 1. The monoisotopic (exact) mass is 1110 g/mol. The molecule has 2 heterocycles. The van der Waals surface area contributed by atoms with Gasteiger partial charge in [0.15, 0.2) is 5.78 Å². The van der Waals surface area contributed by atoms with Crippen LogP contribution in [0.2, 0.25) is 13.1 Å². The lowest BCUT2D eigenvalue weighted by Gasteiger charge is -2.38. The Morgan fingerprint density at radius 1 is 0.679 bits per heavy atom. The van der Waals surface area contributed by atoms with E-state index >= 15 is 0 Å². The molecule has 0 saturated heterocycles. The molecule has 0 radical (unpaired) electrons. The zero-order valence-electron chi connectivity index (χ0n) is 47.5. The molecular formula is C66H73B2N5O6SSi. The Morgan fingerprint density at radius 3 is 1.89 bits per heavy atom. The van der Waals surface area contributed by atoms with Crippen LogP contribution in [0.1, 0.15) is 72.9 Å². The Hall–Kier alpha value is -7.04. The number of nitrogens with one attached hydrogen (secondary N) is 2. The van der Waals surface area contributed by atoms with Crippen molar-refractivity contribution in [3.05, 3.63) is 207 Å². The second kappa shape index (κ2) is 25.8. The number of carbonyl (C=O) groups excluding carboxylic acids is 2. The van der Waals surface area contributed by atoms with Crippen LogP contribution in [0.15, 0.2) is 179 Å². The number of allylic oxidation sites excluding steroid dienone is 6. The van der Waals surface area contributed by atoms with E-state index < -0.39 is 22.3 Å². The molecule has 15 heteroatoms. The van der Waals surface area contributed by atoms with Crippen molar-refractivity contribution in [1.29, 1.82) is 0 Å². The molecule has 414 valence electrons. The zero-order chi connectivity index (χ0) is 57.5. The minimum absolute atomic E-state index is 0.0549. The summed E-state index contributed by atoms with van der Waals surface area (Å²) in [5.74, 6) is -0.135. The number of hydrogen-bond acceptors (Lipinski definition) is 11. The highest BCUT2D eigenvalue weighted by atomic mass is 32.1.